The number of carboxylic acids is 1. The molecule has 0 amide bonds. The van der Waals surface area contributed by atoms with E-state index in [1.54, 1.807) is 7.05 Å². The van der Waals surface area contributed by atoms with Crippen LogP contribution in [0.1, 0.15) is 26.4 Å². The molecular weight excluding hydrogens is 295 g/mol. The van der Waals surface area contributed by atoms with Gasteiger partial charge in [0, 0.05) is 19.6 Å². The molecule has 1 aromatic rings. The minimum absolute atomic E-state index is 0.198. The fraction of sp³-hybridized carbons (Fsp3) is 0.636. The molecule has 0 radical (unpaired) electrons. The number of rotatable bonds is 2. The average Bonchev–Trinajstić information content (AvgIpc) is 2.77. The Morgan fingerprint density at radius 1 is 1.40 bits per heavy atom. The van der Waals surface area contributed by atoms with Crippen molar-refractivity contribution in [3.63, 3.8) is 0 Å². The lowest BCUT2D eigenvalue weighted by molar-refractivity contribution is -0.141. The van der Waals surface area contributed by atoms with Crippen LogP contribution in [0.25, 0.3) is 0 Å². The van der Waals surface area contributed by atoms with Crippen LogP contribution in [-0.4, -0.2) is 59.6 Å². The minimum Gasteiger partial charge on any atom is -0.477 e. The summed E-state index contributed by atoms with van der Waals surface area (Å²) in [5.74, 6) is -1.59. The summed E-state index contributed by atoms with van der Waals surface area (Å²) >= 11 is 0.608. The number of alkyl halides is 3. The number of thiazole rings is 1. The van der Waals surface area contributed by atoms with Gasteiger partial charge in [0.1, 0.15) is 9.88 Å². The molecule has 1 aromatic heterocycles. The molecule has 0 spiro atoms. The molecule has 0 aliphatic carbocycles. The molecular formula is C11H14F3N3O2S. The van der Waals surface area contributed by atoms with Crippen molar-refractivity contribution in [2.24, 2.45) is 0 Å². The van der Waals surface area contributed by atoms with Gasteiger partial charge in [0.25, 0.3) is 0 Å². The maximum Gasteiger partial charge on any atom is 0.435 e. The van der Waals surface area contributed by atoms with E-state index >= 15 is 0 Å². The van der Waals surface area contributed by atoms with Crippen molar-refractivity contribution < 1.29 is 23.1 Å². The number of aromatic carboxylic acids is 1. The fourth-order valence-corrected chi connectivity index (χ4v) is 3.18. The summed E-state index contributed by atoms with van der Waals surface area (Å²) in [5, 5.41) is 9.10. The molecule has 112 valence electrons. The molecule has 0 saturated carbocycles. The standard InChI is InChI=1S/C11H14F3N3O2S/c1-16-3-4-17(2)6(5-16)9-15-8(11(12,13)14)7(20-9)10(18)19/h6H,3-5H2,1-2H3,(H,18,19). The van der Waals surface area contributed by atoms with Crippen molar-refractivity contribution in [3.8, 4) is 0 Å². The number of halogens is 3. The summed E-state index contributed by atoms with van der Waals surface area (Å²) in [7, 11) is 3.67. The summed E-state index contributed by atoms with van der Waals surface area (Å²) in [6, 6.07) is -0.312. The lowest BCUT2D eigenvalue weighted by Gasteiger charge is -2.36. The van der Waals surface area contributed by atoms with E-state index in [4.69, 9.17) is 5.11 Å². The van der Waals surface area contributed by atoms with Crippen molar-refractivity contribution in [2.75, 3.05) is 33.7 Å². The first-order valence-corrected chi connectivity index (χ1v) is 6.71. The highest BCUT2D eigenvalue weighted by Crippen LogP contribution is 2.37. The highest BCUT2D eigenvalue weighted by atomic mass is 32.1. The second kappa shape index (κ2) is 5.30. The Balaban J connectivity index is 2.40. The van der Waals surface area contributed by atoms with Gasteiger partial charge < -0.3 is 10.0 Å². The Morgan fingerprint density at radius 3 is 2.55 bits per heavy atom. The largest absolute Gasteiger partial charge is 0.477 e. The highest BCUT2D eigenvalue weighted by Gasteiger charge is 2.41. The third-order valence-corrected chi connectivity index (χ3v) is 4.39. The van der Waals surface area contributed by atoms with Crippen LogP contribution in [0, 0.1) is 0 Å². The zero-order chi connectivity index (χ0) is 15.1. The Kier molecular flexibility index (Phi) is 4.03. The van der Waals surface area contributed by atoms with Crippen molar-refractivity contribution >= 4 is 17.3 Å². The number of nitrogens with zero attached hydrogens (tertiary/aromatic N) is 3. The van der Waals surface area contributed by atoms with Crippen LogP contribution < -0.4 is 0 Å². The van der Waals surface area contributed by atoms with E-state index in [9.17, 15) is 18.0 Å². The quantitative estimate of drug-likeness (QED) is 0.902. The number of piperazine rings is 1. The molecule has 2 rings (SSSR count). The Labute approximate surface area is 117 Å². The van der Waals surface area contributed by atoms with Crippen molar-refractivity contribution in [3.05, 3.63) is 15.6 Å². The lowest BCUT2D eigenvalue weighted by atomic mass is 10.2. The van der Waals surface area contributed by atoms with E-state index in [0.29, 0.717) is 24.4 Å². The molecule has 9 heteroatoms. The molecule has 1 saturated heterocycles. The first kappa shape index (κ1) is 15.2. The first-order valence-electron chi connectivity index (χ1n) is 5.90. The predicted octanol–water partition coefficient (Wildman–Crippen LogP) is 1.78. The molecule has 1 atom stereocenters. The summed E-state index contributed by atoms with van der Waals surface area (Å²) < 4.78 is 38.5. The summed E-state index contributed by atoms with van der Waals surface area (Å²) in [4.78, 5) is 17.7. The monoisotopic (exact) mass is 309 g/mol. The number of aromatic nitrogens is 1. The third-order valence-electron chi connectivity index (χ3n) is 3.24. The smallest absolute Gasteiger partial charge is 0.435 e. The SMILES string of the molecule is CN1CCN(C)C(c2nc(C(F)(F)F)c(C(=O)O)s2)C1. The van der Waals surface area contributed by atoms with Gasteiger partial charge in [-0.2, -0.15) is 13.2 Å². The summed E-state index contributed by atoms with van der Waals surface area (Å²) in [6.07, 6.45) is -4.75. The number of carboxylic acid groups (broad SMARTS) is 1. The van der Waals surface area contributed by atoms with Gasteiger partial charge in [0.15, 0.2) is 5.69 Å². The fourth-order valence-electron chi connectivity index (χ4n) is 2.09. The molecule has 2 heterocycles. The zero-order valence-corrected chi connectivity index (χ0v) is 11.8. The van der Waals surface area contributed by atoms with Crippen LogP contribution in [0.5, 0.6) is 0 Å². The van der Waals surface area contributed by atoms with Gasteiger partial charge in [0.05, 0.1) is 6.04 Å². The van der Waals surface area contributed by atoms with Crippen LogP contribution in [0.3, 0.4) is 0 Å². The number of hydrogen-bond donors (Lipinski definition) is 1. The summed E-state index contributed by atoms with van der Waals surface area (Å²) in [6.45, 7) is 2.04. The molecule has 0 aromatic carbocycles. The van der Waals surface area contributed by atoms with Crippen LogP contribution in [0.4, 0.5) is 13.2 Å². The second-order valence-electron chi connectivity index (χ2n) is 4.79. The van der Waals surface area contributed by atoms with Gasteiger partial charge in [-0.25, -0.2) is 9.78 Å². The van der Waals surface area contributed by atoms with E-state index in [-0.39, 0.29) is 11.0 Å². The molecule has 1 N–H and O–H groups in total. The van der Waals surface area contributed by atoms with Gasteiger partial charge in [-0.1, -0.05) is 0 Å². The van der Waals surface area contributed by atoms with Crippen LogP contribution in [0.15, 0.2) is 0 Å². The molecule has 1 fully saturated rings. The van der Waals surface area contributed by atoms with Crippen LogP contribution in [0.2, 0.25) is 0 Å². The van der Waals surface area contributed by atoms with Crippen molar-refractivity contribution in [1.29, 1.82) is 0 Å². The molecule has 1 aliphatic rings. The van der Waals surface area contributed by atoms with Crippen molar-refractivity contribution in [2.45, 2.75) is 12.2 Å². The Bertz CT molecular complexity index is 518. The van der Waals surface area contributed by atoms with E-state index < -0.39 is 22.7 Å². The highest BCUT2D eigenvalue weighted by molar-refractivity contribution is 7.13. The number of likely N-dealkylation sites (N-methyl/N-ethyl adjacent to an activating group) is 2. The minimum atomic E-state index is -4.75. The van der Waals surface area contributed by atoms with Gasteiger partial charge in [-0.3, -0.25) is 4.90 Å². The maximum atomic E-state index is 12.8. The number of hydrogen-bond acceptors (Lipinski definition) is 5. The average molecular weight is 309 g/mol. The molecule has 1 unspecified atom stereocenters. The third kappa shape index (κ3) is 2.94. The van der Waals surface area contributed by atoms with Crippen molar-refractivity contribution in [1.82, 2.24) is 14.8 Å². The zero-order valence-electron chi connectivity index (χ0n) is 10.9. The lowest BCUT2D eigenvalue weighted by Crippen LogP contribution is -2.44. The van der Waals surface area contributed by atoms with E-state index in [2.05, 4.69) is 4.98 Å². The van der Waals surface area contributed by atoms with Gasteiger partial charge in [-0.05, 0) is 14.1 Å². The van der Waals surface area contributed by atoms with Gasteiger partial charge >= 0.3 is 12.1 Å². The predicted molar refractivity (Wildman–Crippen MR) is 66.9 cm³/mol. The maximum absolute atomic E-state index is 12.8. The topological polar surface area (TPSA) is 56.7 Å². The normalized spacial score (nSPS) is 22.1. The molecule has 1 aliphatic heterocycles. The molecule has 0 bridgehead atoms. The van der Waals surface area contributed by atoms with Crippen LogP contribution >= 0.6 is 11.3 Å². The molecule has 20 heavy (non-hydrogen) atoms. The van der Waals surface area contributed by atoms with Gasteiger partial charge in [0.2, 0.25) is 0 Å². The Hall–Kier alpha value is -1.19. The first-order chi connectivity index (χ1) is 9.20. The second-order valence-corrected chi connectivity index (χ2v) is 5.82. The number of carbonyl (C=O) groups is 1. The van der Waals surface area contributed by atoms with E-state index in [0.717, 1.165) is 6.54 Å². The van der Waals surface area contributed by atoms with E-state index in [1.807, 2.05) is 16.8 Å². The van der Waals surface area contributed by atoms with E-state index in [1.165, 1.54) is 0 Å². The Morgan fingerprint density at radius 2 is 2.05 bits per heavy atom. The van der Waals surface area contributed by atoms with Gasteiger partial charge in [-0.15, -0.1) is 11.3 Å². The molecule has 5 nitrogen and oxygen atoms in total. The summed E-state index contributed by atoms with van der Waals surface area (Å²) in [5.41, 5.74) is -1.30. The van der Waals surface area contributed by atoms with Crippen LogP contribution in [-0.2, 0) is 6.18 Å².